The first-order chi connectivity index (χ1) is 11.2. The third-order valence-corrected chi connectivity index (χ3v) is 4.70. The van der Waals surface area contributed by atoms with Crippen LogP contribution in [0.2, 0.25) is 5.02 Å². The Kier molecular flexibility index (Phi) is 3.88. The van der Waals surface area contributed by atoms with Crippen LogP contribution in [0, 0.1) is 0 Å². The van der Waals surface area contributed by atoms with E-state index in [9.17, 15) is 21.6 Å². The summed E-state index contributed by atoms with van der Waals surface area (Å²) in [5.41, 5.74) is -1.79. The highest BCUT2D eigenvalue weighted by Gasteiger charge is 2.35. The number of halogens is 4. The summed E-state index contributed by atoms with van der Waals surface area (Å²) in [5, 5.41) is 6.78. The van der Waals surface area contributed by atoms with E-state index in [1.165, 1.54) is 18.2 Å². The second-order valence-corrected chi connectivity index (χ2v) is 6.77. The molecule has 0 fully saturated rings. The van der Waals surface area contributed by atoms with Crippen molar-refractivity contribution >= 4 is 38.3 Å². The van der Waals surface area contributed by atoms with Crippen molar-refractivity contribution in [2.24, 2.45) is 0 Å². The monoisotopic (exact) mass is 377 g/mol. The molecular formula is C13H7ClF3N3O3S. The van der Waals surface area contributed by atoms with Crippen molar-refractivity contribution in [2.45, 2.75) is 11.1 Å². The standard InChI is InChI=1S/C13H7ClF3N3O3S/c14-7-4-5-9(8(6-7)13(15,16)17)20-24(21,22)11-3-1-2-10-12(11)19-23-18-10/h1-6,20H. The molecule has 0 spiro atoms. The number of nitrogens with zero attached hydrogens (tertiary/aromatic N) is 2. The molecule has 126 valence electrons. The van der Waals surface area contributed by atoms with Gasteiger partial charge in [0.2, 0.25) is 0 Å². The highest BCUT2D eigenvalue weighted by molar-refractivity contribution is 7.93. The highest BCUT2D eigenvalue weighted by atomic mass is 35.5. The molecule has 0 amide bonds. The van der Waals surface area contributed by atoms with Crippen molar-refractivity contribution in [3.05, 3.63) is 47.0 Å². The minimum absolute atomic E-state index is 0.0903. The Morgan fingerprint density at radius 3 is 2.58 bits per heavy atom. The summed E-state index contributed by atoms with van der Waals surface area (Å²) in [6, 6.07) is 6.72. The molecule has 11 heteroatoms. The van der Waals surface area contributed by atoms with E-state index in [4.69, 9.17) is 11.6 Å². The number of alkyl halides is 3. The van der Waals surface area contributed by atoms with E-state index in [1.54, 1.807) is 0 Å². The fourth-order valence-electron chi connectivity index (χ4n) is 2.04. The minimum atomic E-state index is -4.79. The Bertz CT molecular complexity index is 1020. The Balaban J connectivity index is 2.10. The third-order valence-electron chi connectivity index (χ3n) is 3.07. The number of benzene rings is 2. The Morgan fingerprint density at radius 1 is 1.12 bits per heavy atom. The lowest BCUT2D eigenvalue weighted by Gasteiger charge is -2.15. The molecule has 0 aliphatic rings. The van der Waals surface area contributed by atoms with Gasteiger partial charge < -0.3 is 0 Å². The van der Waals surface area contributed by atoms with E-state index >= 15 is 0 Å². The maximum absolute atomic E-state index is 13.1. The van der Waals surface area contributed by atoms with Gasteiger partial charge in [0, 0.05) is 5.02 Å². The van der Waals surface area contributed by atoms with E-state index in [-0.39, 0.29) is 21.0 Å². The molecule has 6 nitrogen and oxygen atoms in total. The number of aromatic nitrogens is 2. The Morgan fingerprint density at radius 2 is 1.88 bits per heavy atom. The Hall–Kier alpha value is -2.33. The Labute approximate surface area is 138 Å². The minimum Gasteiger partial charge on any atom is -0.279 e. The van der Waals surface area contributed by atoms with Crippen LogP contribution in [-0.4, -0.2) is 18.7 Å². The molecule has 1 heterocycles. The number of nitrogens with one attached hydrogen (secondary N) is 1. The molecule has 24 heavy (non-hydrogen) atoms. The van der Waals surface area contributed by atoms with Gasteiger partial charge in [0.1, 0.15) is 10.4 Å². The summed E-state index contributed by atoms with van der Waals surface area (Å²) in [7, 11) is -4.36. The summed E-state index contributed by atoms with van der Waals surface area (Å²) >= 11 is 5.57. The topological polar surface area (TPSA) is 85.1 Å². The van der Waals surface area contributed by atoms with Crippen molar-refractivity contribution in [3.8, 4) is 0 Å². The predicted octanol–water partition coefficient (Wildman–Crippen LogP) is 3.70. The average Bonchev–Trinajstić information content (AvgIpc) is 2.96. The molecule has 0 unspecified atom stereocenters. The summed E-state index contributed by atoms with van der Waals surface area (Å²) in [6.07, 6.45) is -4.79. The number of hydrogen-bond acceptors (Lipinski definition) is 5. The van der Waals surface area contributed by atoms with E-state index in [1.807, 2.05) is 4.72 Å². The van der Waals surface area contributed by atoms with Crippen molar-refractivity contribution < 1.29 is 26.2 Å². The lowest BCUT2D eigenvalue weighted by atomic mass is 10.2. The summed E-state index contributed by atoms with van der Waals surface area (Å²) in [5.74, 6) is 0. The van der Waals surface area contributed by atoms with Gasteiger partial charge in [-0.15, -0.1) is 0 Å². The molecule has 0 atom stereocenters. The average molecular weight is 378 g/mol. The molecule has 0 saturated heterocycles. The van der Waals surface area contributed by atoms with E-state index in [0.29, 0.717) is 6.07 Å². The largest absolute Gasteiger partial charge is 0.418 e. The van der Waals surface area contributed by atoms with Gasteiger partial charge >= 0.3 is 6.18 Å². The fourth-order valence-corrected chi connectivity index (χ4v) is 3.44. The van der Waals surface area contributed by atoms with Gasteiger partial charge in [-0.25, -0.2) is 13.0 Å². The normalized spacial score (nSPS) is 12.5. The molecule has 3 rings (SSSR count). The first-order valence-corrected chi connectivity index (χ1v) is 8.15. The molecule has 2 aromatic carbocycles. The molecular weight excluding hydrogens is 371 g/mol. The molecule has 3 aromatic rings. The van der Waals surface area contributed by atoms with Gasteiger partial charge in [-0.2, -0.15) is 13.2 Å². The zero-order valence-electron chi connectivity index (χ0n) is 11.5. The van der Waals surface area contributed by atoms with Crippen LogP contribution in [0.3, 0.4) is 0 Å². The molecule has 0 aliphatic heterocycles. The summed E-state index contributed by atoms with van der Waals surface area (Å²) in [6.45, 7) is 0. The third kappa shape index (κ3) is 3.02. The van der Waals surface area contributed by atoms with Gasteiger partial charge in [0.25, 0.3) is 10.0 Å². The molecule has 0 bridgehead atoms. The quantitative estimate of drug-likeness (QED) is 0.752. The second kappa shape index (κ2) is 5.64. The van der Waals surface area contributed by atoms with Crippen LogP contribution in [0.15, 0.2) is 45.9 Å². The number of fused-ring (bicyclic) bond motifs is 1. The van der Waals surface area contributed by atoms with Crippen molar-refractivity contribution in [2.75, 3.05) is 4.72 Å². The van der Waals surface area contributed by atoms with Crippen LogP contribution in [-0.2, 0) is 16.2 Å². The number of rotatable bonds is 3. The maximum Gasteiger partial charge on any atom is 0.418 e. The SMILES string of the molecule is O=S(=O)(Nc1ccc(Cl)cc1C(F)(F)F)c1cccc2nonc12. The van der Waals surface area contributed by atoms with Gasteiger partial charge in [-0.3, -0.25) is 4.72 Å². The van der Waals surface area contributed by atoms with Gasteiger partial charge in [-0.05, 0) is 40.6 Å². The zero-order valence-corrected chi connectivity index (χ0v) is 13.1. The molecule has 1 N–H and O–H groups in total. The van der Waals surface area contributed by atoms with Crippen LogP contribution < -0.4 is 4.72 Å². The van der Waals surface area contributed by atoms with Crippen molar-refractivity contribution in [1.29, 1.82) is 0 Å². The summed E-state index contributed by atoms with van der Waals surface area (Å²) < 4.78 is 70.5. The van der Waals surface area contributed by atoms with Crippen molar-refractivity contribution in [1.82, 2.24) is 10.3 Å². The van der Waals surface area contributed by atoms with Gasteiger partial charge in [0.05, 0.1) is 11.3 Å². The van der Waals surface area contributed by atoms with Crippen LogP contribution in [0.1, 0.15) is 5.56 Å². The first kappa shape index (κ1) is 16.5. The molecule has 0 aliphatic carbocycles. The maximum atomic E-state index is 13.1. The number of hydrogen-bond donors (Lipinski definition) is 1. The lowest BCUT2D eigenvalue weighted by Crippen LogP contribution is -2.17. The predicted molar refractivity (Wildman–Crippen MR) is 79.1 cm³/mol. The lowest BCUT2D eigenvalue weighted by molar-refractivity contribution is -0.136. The van der Waals surface area contributed by atoms with Crippen LogP contribution in [0.4, 0.5) is 18.9 Å². The number of anilines is 1. The molecule has 0 radical (unpaired) electrons. The van der Waals surface area contributed by atoms with Crippen molar-refractivity contribution in [3.63, 3.8) is 0 Å². The van der Waals surface area contributed by atoms with Gasteiger partial charge in [-0.1, -0.05) is 17.7 Å². The van der Waals surface area contributed by atoms with Crippen LogP contribution in [0.5, 0.6) is 0 Å². The van der Waals surface area contributed by atoms with E-state index in [2.05, 4.69) is 14.9 Å². The second-order valence-electron chi connectivity index (χ2n) is 4.68. The highest BCUT2D eigenvalue weighted by Crippen LogP contribution is 2.37. The smallest absolute Gasteiger partial charge is 0.279 e. The number of sulfonamides is 1. The van der Waals surface area contributed by atoms with E-state index < -0.39 is 27.5 Å². The molecule has 1 aromatic heterocycles. The summed E-state index contributed by atoms with van der Waals surface area (Å²) in [4.78, 5) is -0.357. The van der Waals surface area contributed by atoms with Gasteiger partial charge in [0.15, 0.2) is 5.52 Å². The molecule has 0 saturated carbocycles. The fraction of sp³-hybridized carbons (Fsp3) is 0.0769. The first-order valence-electron chi connectivity index (χ1n) is 6.29. The zero-order chi connectivity index (χ0) is 17.5. The van der Waals surface area contributed by atoms with E-state index in [0.717, 1.165) is 12.1 Å². The van der Waals surface area contributed by atoms with Crippen LogP contribution in [0.25, 0.3) is 11.0 Å². The van der Waals surface area contributed by atoms with Crippen LogP contribution >= 0.6 is 11.6 Å².